The smallest absolute Gasteiger partial charge is 0.254 e. The van der Waals surface area contributed by atoms with E-state index < -0.39 is 34.7 Å². The van der Waals surface area contributed by atoms with Crippen molar-refractivity contribution < 1.29 is 24.6 Å². The van der Waals surface area contributed by atoms with E-state index in [1.165, 1.54) is 22.7 Å². The van der Waals surface area contributed by atoms with E-state index in [9.17, 15) is 24.6 Å². The summed E-state index contributed by atoms with van der Waals surface area (Å²) in [5.41, 5.74) is 2.46. The standard InChI is InChI=1S/C29H37N3O5S/c1-6-18(2)16-30-27(36)25-29(4,5)38-17-32(25)28(37)24(34)22(15-20-11-8-7-9-12-20)31-26(35)21-13-10-14-23(33)19(21)3/h6-14,22,24-25,33-34H,15-17H2,1-5H3,(H,30,36)(H,31,35)/t22-,24-,25+/m0/s1. The first kappa shape index (κ1) is 29.3. The number of aliphatic hydroxyl groups excluding tert-OH is 1. The van der Waals surface area contributed by atoms with Crippen LogP contribution in [-0.4, -0.2) is 68.2 Å². The molecule has 9 heteroatoms. The number of phenolic OH excluding ortho intramolecular Hbond substituents is 1. The number of aromatic hydroxyl groups is 1. The molecule has 4 N–H and O–H groups in total. The van der Waals surface area contributed by atoms with Crippen LogP contribution in [-0.2, 0) is 16.0 Å². The van der Waals surface area contributed by atoms with Gasteiger partial charge in [0.15, 0.2) is 6.10 Å². The van der Waals surface area contributed by atoms with Crippen molar-refractivity contribution in [2.45, 2.75) is 64.0 Å². The second-order valence-electron chi connectivity index (χ2n) is 10.1. The molecule has 2 aromatic rings. The summed E-state index contributed by atoms with van der Waals surface area (Å²) in [5.74, 6) is -1.22. The molecule has 0 radical (unpaired) electrons. The second kappa shape index (κ2) is 12.5. The lowest BCUT2D eigenvalue weighted by Crippen LogP contribution is -2.58. The first-order valence-corrected chi connectivity index (χ1v) is 13.6. The number of nitrogens with one attached hydrogen (secondary N) is 2. The number of amides is 3. The third kappa shape index (κ3) is 6.76. The fourth-order valence-electron chi connectivity index (χ4n) is 4.41. The normalized spacial score (nSPS) is 18.5. The summed E-state index contributed by atoms with van der Waals surface area (Å²) < 4.78 is -0.569. The van der Waals surface area contributed by atoms with E-state index in [1.54, 1.807) is 19.1 Å². The maximum absolute atomic E-state index is 13.7. The Kier molecular flexibility index (Phi) is 9.62. The highest BCUT2D eigenvalue weighted by molar-refractivity contribution is 8.00. The lowest BCUT2D eigenvalue weighted by Gasteiger charge is -2.33. The van der Waals surface area contributed by atoms with Gasteiger partial charge >= 0.3 is 0 Å². The Morgan fingerprint density at radius 1 is 1.16 bits per heavy atom. The Morgan fingerprint density at radius 2 is 1.84 bits per heavy atom. The Morgan fingerprint density at radius 3 is 2.50 bits per heavy atom. The molecule has 3 rings (SSSR count). The van der Waals surface area contributed by atoms with Crippen molar-refractivity contribution in [3.8, 4) is 5.75 Å². The number of rotatable bonds is 9. The summed E-state index contributed by atoms with van der Waals surface area (Å²) in [7, 11) is 0. The molecule has 0 unspecified atom stereocenters. The molecule has 0 spiro atoms. The van der Waals surface area contributed by atoms with E-state index in [4.69, 9.17) is 0 Å². The molecule has 1 saturated heterocycles. The molecule has 204 valence electrons. The third-order valence-corrected chi connectivity index (χ3v) is 8.28. The van der Waals surface area contributed by atoms with Crippen molar-refractivity contribution >= 4 is 29.5 Å². The highest BCUT2D eigenvalue weighted by Crippen LogP contribution is 2.40. The number of thioether (sulfide) groups is 1. The summed E-state index contributed by atoms with van der Waals surface area (Å²) in [5, 5.41) is 27.1. The van der Waals surface area contributed by atoms with Crippen molar-refractivity contribution in [1.82, 2.24) is 15.5 Å². The Hall–Kier alpha value is -3.30. The topological polar surface area (TPSA) is 119 Å². The van der Waals surface area contributed by atoms with Crippen LogP contribution in [0.15, 0.2) is 60.2 Å². The number of allylic oxidation sites excluding steroid dienone is 1. The first-order chi connectivity index (χ1) is 18.0. The number of carbonyl (C=O) groups is 3. The minimum atomic E-state index is -1.60. The van der Waals surface area contributed by atoms with Crippen LogP contribution >= 0.6 is 11.8 Å². The van der Waals surface area contributed by atoms with Gasteiger partial charge in [-0.15, -0.1) is 11.8 Å². The van der Waals surface area contributed by atoms with E-state index in [1.807, 2.05) is 64.1 Å². The molecule has 0 aliphatic carbocycles. The fraction of sp³-hybridized carbons (Fsp3) is 0.414. The molecule has 1 heterocycles. The van der Waals surface area contributed by atoms with Gasteiger partial charge in [-0.1, -0.05) is 48.0 Å². The van der Waals surface area contributed by atoms with Gasteiger partial charge in [0, 0.05) is 22.4 Å². The predicted octanol–water partition coefficient (Wildman–Crippen LogP) is 3.17. The van der Waals surface area contributed by atoms with Crippen molar-refractivity contribution in [2.24, 2.45) is 0 Å². The maximum Gasteiger partial charge on any atom is 0.254 e. The summed E-state index contributed by atoms with van der Waals surface area (Å²) in [4.78, 5) is 41.5. The van der Waals surface area contributed by atoms with Crippen LogP contribution in [0.2, 0.25) is 0 Å². The predicted molar refractivity (Wildman–Crippen MR) is 150 cm³/mol. The van der Waals surface area contributed by atoms with Gasteiger partial charge in [-0.2, -0.15) is 0 Å². The summed E-state index contributed by atoms with van der Waals surface area (Å²) in [6.45, 7) is 9.60. The Labute approximate surface area is 228 Å². The highest BCUT2D eigenvalue weighted by Gasteiger charge is 2.49. The lowest BCUT2D eigenvalue weighted by atomic mass is 9.96. The van der Waals surface area contributed by atoms with E-state index >= 15 is 0 Å². The zero-order valence-electron chi connectivity index (χ0n) is 22.5. The van der Waals surface area contributed by atoms with E-state index in [2.05, 4.69) is 10.6 Å². The van der Waals surface area contributed by atoms with E-state index in [0.29, 0.717) is 12.1 Å². The molecule has 1 fully saturated rings. The molecule has 0 saturated carbocycles. The molecule has 3 amide bonds. The summed E-state index contributed by atoms with van der Waals surface area (Å²) in [6, 6.07) is 12.1. The third-order valence-electron chi connectivity index (χ3n) is 6.91. The fourth-order valence-corrected chi connectivity index (χ4v) is 5.55. The van der Waals surface area contributed by atoms with Gasteiger partial charge < -0.3 is 25.7 Å². The molecular formula is C29H37N3O5S. The highest BCUT2D eigenvalue weighted by atomic mass is 32.2. The minimum Gasteiger partial charge on any atom is -0.508 e. The largest absolute Gasteiger partial charge is 0.508 e. The summed E-state index contributed by atoms with van der Waals surface area (Å²) >= 11 is 1.46. The lowest BCUT2D eigenvalue weighted by molar-refractivity contribution is -0.147. The molecule has 1 aliphatic heterocycles. The molecule has 1 aliphatic rings. The van der Waals surface area contributed by atoms with E-state index in [-0.39, 0.29) is 29.5 Å². The van der Waals surface area contributed by atoms with Gasteiger partial charge in [0.25, 0.3) is 11.8 Å². The molecule has 8 nitrogen and oxygen atoms in total. The summed E-state index contributed by atoms with van der Waals surface area (Å²) in [6.07, 6.45) is 0.505. The van der Waals surface area contributed by atoms with Crippen molar-refractivity contribution in [3.63, 3.8) is 0 Å². The van der Waals surface area contributed by atoms with Crippen molar-refractivity contribution in [3.05, 3.63) is 76.9 Å². The number of phenols is 1. The molecule has 38 heavy (non-hydrogen) atoms. The van der Waals surface area contributed by atoms with Gasteiger partial charge in [0.05, 0.1) is 11.9 Å². The number of carbonyl (C=O) groups excluding carboxylic acids is 3. The SMILES string of the molecule is CC=C(C)CNC(=O)[C@H]1N(C(=O)[C@@H](O)[C@H](Cc2ccccc2)NC(=O)c2cccc(O)c2C)CSC1(C)C. The second-order valence-corrected chi connectivity index (χ2v) is 11.7. The molecule has 0 aromatic heterocycles. The van der Waals surface area contributed by atoms with Gasteiger partial charge in [-0.05, 0) is 58.7 Å². The average Bonchev–Trinajstić information content (AvgIpc) is 3.22. The zero-order valence-corrected chi connectivity index (χ0v) is 23.3. The molecular weight excluding hydrogens is 502 g/mol. The first-order valence-electron chi connectivity index (χ1n) is 12.6. The number of benzene rings is 2. The molecule has 3 atom stereocenters. The quantitative estimate of drug-likeness (QED) is 0.364. The number of hydrogen-bond donors (Lipinski definition) is 4. The monoisotopic (exact) mass is 539 g/mol. The Balaban J connectivity index is 1.87. The van der Waals surface area contributed by atoms with Crippen LogP contribution in [0.3, 0.4) is 0 Å². The van der Waals surface area contributed by atoms with Gasteiger partial charge in [-0.25, -0.2) is 0 Å². The van der Waals surface area contributed by atoms with E-state index in [0.717, 1.165) is 11.1 Å². The average molecular weight is 540 g/mol. The molecule has 0 bridgehead atoms. The zero-order chi connectivity index (χ0) is 28.0. The van der Waals surface area contributed by atoms with Crippen LogP contribution in [0.1, 0.15) is 49.2 Å². The van der Waals surface area contributed by atoms with Crippen LogP contribution in [0, 0.1) is 6.92 Å². The van der Waals surface area contributed by atoms with Crippen LogP contribution in [0.25, 0.3) is 0 Å². The number of aliphatic hydroxyl groups is 1. The van der Waals surface area contributed by atoms with Crippen LogP contribution in [0.4, 0.5) is 0 Å². The Bertz CT molecular complexity index is 1200. The van der Waals surface area contributed by atoms with Crippen LogP contribution in [0.5, 0.6) is 5.75 Å². The van der Waals surface area contributed by atoms with Crippen molar-refractivity contribution in [1.29, 1.82) is 0 Å². The minimum absolute atomic E-state index is 0.0211. The number of hydrogen-bond acceptors (Lipinski definition) is 6. The van der Waals surface area contributed by atoms with Gasteiger partial charge in [-0.3, -0.25) is 14.4 Å². The van der Waals surface area contributed by atoms with Gasteiger partial charge in [0.1, 0.15) is 11.8 Å². The maximum atomic E-state index is 13.7. The van der Waals surface area contributed by atoms with Gasteiger partial charge in [0.2, 0.25) is 5.91 Å². The van der Waals surface area contributed by atoms with Crippen molar-refractivity contribution in [2.75, 3.05) is 12.4 Å². The molecule has 2 aromatic carbocycles. The number of nitrogens with zero attached hydrogens (tertiary/aromatic N) is 1. The van der Waals surface area contributed by atoms with Crippen LogP contribution < -0.4 is 10.6 Å².